The van der Waals surface area contributed by atoms with Gasteiger partial charge in [0, 0.05) is 6.04 Å². The fourth-order valence-electron chi connectivity index (χ4n) is 2.20. The van der Waals surface area contributed by atoms with Crippen LogP contribution in [0.4, 0.5) is 0 Å². The summed E-state index contributed by atoms with van der Waals surface area (Å²) in [6.07, 6.45) is 1.29. The number of hydrogen-bond acceptors (Lipinski definition) is 2. The summed E-state index contributed by atoms with van der Waals surface area (Å²) in [5.41, 5.74) is 5.63. The lowest BCUT2D eigenvalue weighted by molar-refractivity contribution is 0.474. The van der Waals surface area contributed by atoms with Gasteiger partial charge in [-0.3, -0.25) is 11.3 Å². The van der Waals surface area contributed by atoms with E-state index in [1.807, 2.05) is 0 Å². The maximum absolute atomic E-state index is 5.63. The monoisotopic (exact) mass is 190 g/mol. The van der Waals surface area contributed by atoms with Gasteiger partial charge in [-0.05, 0) is 36.3 Å². The van der Waals surface area contributed by atoms with Crippen LogP contribution in [-0.4, -0.2) is 0 Å². The minimum Gasteiger partial charge on any atom is -0.271 e. The second-order valence-electron chi connectivity index (χ2n) is 4.38. The molecule has 14 heavy (non-hydrogen) atoms. The van der Waals surface area contributed by atoms with Gasteiger partial charge < -0.3 is 0 Å². The van der Waals surface area contributed by atoms with E-state index in [0.29, 0.717) is 6.04 Å². The fraction of sp³-hybridized carbons (Fsp3) is 0.500. The van der Waals surface area contributed by atoms with Crippen molar-refractivity contribution in [3.05, 3.63) is 35.4 Å². The number of nitrogens with two attached hydrogens (primary N) is 1. The Morgan fingerprint density at radius 2 is 2.07 bits per heavy atom. The lowest BCUT2D eigenvalue weighted by Gasteiger charge is -2.18. The van der Waals surface area contributed by atoms with Gasteiger partial charge in [-0.15, -0.1) is 0 Å². The summed E-state index contributed by atoms with van der Waals surface area (Å²) < 4.78 is 0. The Morgan fingerprint density at radius 1 is 1.43 bits per heavy atom. The molecule has 1 saturated carbocycles. The van der Waals surface area contributed by atoms with Crippen LogP contribution in [0.3, 0.4) is 0 Å². The number of hydrogen-bond donors (Lipinski definition) is 2. The summed E-state index contributed by atoms with van der Waals surface area (Å²) in [6.45, 7) is 4.43. The first-order valence-electron chi connectivity index (χ1n) is 5.25. The van der Waals surface area contributed by atoms with Crippen LogP contribution in [0.1, 0.15) is 30.5 Å². The molecule has 0 aromatic heterocycles. The molecule has 0 bridgehead atoms. The zero-order valence-corrected chi connectivity index (χ0v) is 8.83. The van der Waals surface area contributed by atoms with Crippen molar-refractivity contribution < 1.29 is 0 Å². The Hall–Kier alpha value is -0.860. The predicted octanol–water partition coefficient (Wildman–Crippen LogP) is 2.16. The van der Waals surface area contributed by atoms with Crippen molar-refractivity contribution in [1.82, 2.24) is 5.43 Å². The second kappa shape index (κ2) is 3.71. The molecule has 0 heterocycles. The van der Waals surface area contributed by atoms with Crippen molar-refractivity contribution in [2.75, 3.05) is 0 Å². The average molecular weight is 190 g/mol. The van der Waals surface area contributed by atoms with Crippen LogP contribution in [0.2, 0.25) is 0 Å². The quantitative estimate of drug-likeness (QED) is 0.566. The van der Waals surface area contributed by atoms with Gasteiger partial charge in [-0.25, -0.2) is 0 Å². The van der Waals surface area contributed by atoms with Crippen molar-refractivity contribution in [2.45, 2.75) is 26.3 Å². The number of benzene rings is 1. The molecule has 0 radical (unpaired) electrons. The zero-order valence-electron chi connectivity index (χ0n) is 8.83. The molecule has 1 aromatic rings. The van der Waals surface area contributed by atoms with E-state index in [9.17, 15) is 0 Å². The average Bonchev–Trinajstić information content (AvgIpc) is 2.88. The summed E-state index contributed by atoms with van der Waals surface area (Å²) >= 11 is 0. The summed E-state index contributed by atoms with van der Waals surface area (Å²) in [7, 11) is 0. The Bertz CT molecular complexity index is 322. The van der Waals surface area contributed by atoms with Gasteiger partial charge in [0.15, 0.2) is 0 Å². The molecular weight excluding hydrogens is 172 g/mol. The molecule has 0 aliphatic heterocycles. The SMILES string of the molecule is Cc1ccccc1C(NN)C1CC1C. The van der Waals surface area contributed by atoms with Crippen LogP contribution in [-0.2, 0) is 0 Å². The van der Waals surface area contributed by atoms with Crippen LogP contribution >= 0.6 is 0 Å². The first kappa shape index (κ1) is 9.69. The fourth-order valence-corrected chi connectivity index (χ4v) is 2.20. The molecule has 0 spiro atoms. The van der Waals surface area contributed by atoms with Crippen molar-refractivity contribution in [3.8, 4) is 0 Å². The zero-order chi connectivity index (χ0) is 10.1. The second-order valence-corrected chi connectivity index (χ2v) is 4.38. The third-order valence-corrected chi connectivity index (χ3v) is 3.30. The van der Waals surface area contributed by atoms with E-state index in [1.165, 1.54) is 17.5 Å². The van der Waals surface area contributed by atoms with E-state index >= 15 is 0 Å². The highest BCUT2D eigenvalue weighted by Gasteiger charge is 2.40. The van der Waals surface area contributed by atoms with Crippen LogP contribution in [0, 0.1) is 18.8 Å². The summed E-state index contributed by atoms with van der Waals surface area (Å²) in [5.74, 6) is 7.17. The Balaban J connectivity index is 2.23. The largest absolute Gasteiger partial charge is 0.271 e. The molecule has 2 nitrogen and oxygen atoms in total. The summed E-state index contributed by atoms with van der Waals surface area (Å²) in [6, 6.07) is 8.81. The van der Waals surface area contributed by atoms with Gasteiger partial charge in [0.1, 0.15) is 0 Å². The molecule has 1 aromatic carbocycles. The number of aryl methyl sites for hydroxylation is 1. The summed E-state index contributed by atoms with van der Waals surface area (Å²) in [4.78, 5) is 0. The topological polar surface area (TPSA) is 38.0 Å². The molecule has 3 N–H and O–H groups in total. The molecule has 1 aliphatic carbocycles. The molecule has 0 amide bonds. The molecule has 2 heteroatoms. The number of hydrazine groups is 1. The molecule has 3 unspecified atom stereocenters. The lowest BCUT2D eigenvalue weighted by atomic mass is 9.97. The van der Waals surface area contributed by atoms with Gasteiger partial charge in [0.25, 0.3) is 0 Å². The van der Waals surface area contributed by atoms with Crippen LogP contribution in [0.5, 0.6) is 0 Å². The predicted molar refractivity (Wildman–Crippen MR) is 58.5 cm³/mol. The van der Waals surface area contributed by atoms with Crippen LogP contribution < -0.4 is 11.3 Å². The molecular formula is C12H18N2. The van der Waals surface area contributed by atoms with Crippen molar-refractivity contribution in [2.24, 2.45) is 17.7 Å². The lowest BCUT2D eigenvalue weighted by Crippen LogP contribution is -2.30. The van der Waals surface area contributed by atoms with E-state index in [0.717, 1.165) is 11.8 Å². The van der Waals surface area contributed by atoms with Gasteiger partial charge >= 0.3 is 0 Å². The highest BCUT2D eigenvalue weighted by atomic mass is 15.2. The minimum atomic E-state index is 0.339. The summed E-state index contributed by atoms with van der Waals surface area (Å²) in [5, 5.41) is 0. The van der Waals surface area contributed by atoms with Gasteiger partial charge in [0.05, 0.1) is 0 Å². The molecule has 1 fully saturated rings. The maximum Gasteiger partial charge on any atom is 0.0493 e. The smallest absolute Gasteiger partial charge is 0.0493 e. The first-order chi connectivity index (χ1) is 6.74. The van der Waals surface area contributed by atoms with Gasteiger partial charge in [-0.2, -0.15) is 0 Å². The number of nitrogens with one attached hydrogen (secondary N) is 1. The molecule has 76 valence electrons. The first-order valence-corrected chi connectivity index (χ1v) is 5.25. The van der Waals surface area contributed by atoms with Crippen molar-refractivity contribution in [3.63, 3.8) is 0 Å². The third-order valence-electron chi connectivity index (χ3n) is 3.30. The Kier molecular flexibility index (Phi) is 2.57. The minimum absolute atomic E-state index is 0.339. The normalized spacial score (nSPS) is 27.4. The van der Waals surface area contributed by atoms with Crippen LogP contribution in [0.15, 0.2) is 24.3 Å². The van der Waals surface area contributed by atoms with Gasteiger partial charge in [-0.1, -0.05) is 31.2 Å². The highest BCUT2D eigenvalue weighted by Crippen LogP contribution is 2.47. The van der Waals surface area contributed by atoms with E-state index in [4.69, 9.17) is 5.84 Å². The van der Waals surface area contributed by atoms with Crippen LogP contribution in [0.25, 0.3) is 0 Å². The molecule has 3 atom stereocenters. The number of rotatable bonds is 3. The van der Waals surface area contributed by atoms with Gasteiger partial charge in [0.2, 0.25) is 0 Å². The van der Waals surface area contributed by atoms with Crippen molar-refractivity contribution in [1.29, 1.82) is 0 Å². The molecule has 2 rings (SSSR count). The van der Waals surface area contributed by atoms with E-state index < -0.39 is 0 Å². The Labute approximate surface area is 85.5 Å². The van der Waals surface area contributed by atoms with E-state index in [-0.39, 0.29) is 0 Å². The van der Waals surface area contributed by atoms with Crippen molar-refractivity contribution >= 4 is 0 Å². The molecule has 1 aliphatic rings. The standard InChI is InChI=1S/C12H18N2/c1-8-5-3-4-6-10(8)12(14-13)11-7-9(11)2/h3-6,9,11-12,14H,7,13H2,1-2H3. The third kappa shape index (κ3) is 1.68. The Morgan fingerprint density at radius 3 is 2.57 bits per heavy atom. The van der Waals surface area contributed by atoms with E-state index in [1.54, 1.807) is 0 Å². The highest BCUT2D eigenvalue weighted by molar-refractivity contribution is 5.30. The molecule has 0 saturated heterocycles. The van der Waals surface area contributed by atoms with E-state index in [2.05, 4.69) is 43.5 Å². The maximum atomic E-state index is 5.63.